The highest BCUT2D eigenvalue weighted by Gasteiger charge is 2.22. The van der Waals surface area contributed by atoms with E-state index in [0.29, 0.717) is 23.9 Å². The van der Waals surface area contributed by atoms with Gasteiger partial charge in [0.1, 0.15) is 0 Å². The van der Waals surface area contributed by atoms with E-state index in [1.54, 1.807) is 45.3 Å². The third-order valence-corrected chi connectivity index (χ3v) is 23.0. The monoisotopic (exact) mass is 1470 g/mol. The van der Waals surface area contributed by atoms with E-state index in [1.165, 1.54) is 83.5 Å². The molecule has 2 saturated carbocycles. The van der Waals surface area contributed by atoms with Gasteiger partial charge in [-0.1, -0.05) is 44.9 Å². The molecule has 0 spiro atoms. The van der Waals surface area contributed by atoms with Crippen LogP contribution in [-0.4, -0.2) is 131 Å². The van der Waals surface area contributed by atoms with Gasteiger partial charge < -0.3 is 42.0 Å². The molecular weight excluding hydrogens is 1400 g/mol. The molecule has 0 amide bonds. The molecule has 2 saturated heterocycles. The predicted molar refractivity (Wildman–Crippen MR) is 429 cm³/mol. The number of hydrazine groups is 1. The Balaban J connectivity index is 0.000000103. The van der Waals surface area contributed by atoms with Crippen LogP contribution in [0.5, 0.6) is 0 Å². The van der Waals surface area contributed by atoms with Crippen LogP contribution in [0, 0.1) is 5.92 Å². The highest BCUT2D eigenvalue weighted by molar-refractivity contribution is 7.18. The summed E-state index contributed by atoms with van der Waals surface area (Å²) in [5.74, 6) is 6.77. The zero-order valence-corrected chi connectivity index (χ0v) is 60.9. The second-order valence-corrected chi connectivity index (χ2v) is 30.5. The zero-order chi connectivity index (χ0) is 70.1. The lowest BCUT2D eigenvalue weighted by atomic mass is 9.89. The van der Waals surface area contributed by atoms with Crippen molar-refractivity contribution < 1.29 is 4.74 Å². The van der Waals surface area contributed by atoms with E-state index in [1.807, 2.05) is 90.8 Å². The van der Waals surface area contributed by atoms with E-state index in [4.69, 9.17) is 34.6 Å². The summed E-state index contributed by atoms with van der Waals surface area (Å²) in [5, 5.41) is 67.1. The molecular formula is C75H79N25OS4. The number of rotatable bonds is 18. The Morgan fingerprint density at radius 1 is 0.381 bits per heavy atom. The van der Waals surface area contributed by atoms with Gasteiger partial charge in [0.25, 0.3) is 0 Å². The molecule has 16 aromatic rings. The first-order valence-corrected chi connectivity index (χ1v) is 39.6. The second-order valence-electron chi connectivity index (χ2n) is 26.9. The number of benzene rings is 4. The fraction of sp³-hybridized carbons (Fsp3) is 0.307. The molecule has 2 aliphatic carbocycles. The summed E-state index contributed by atoms with van der Waals surface area (Å²) >= 11 is 6.60. The average Bonchev–Trinajstić information content (AvgIpc) is 1.65. The van der Waals surface area contributed by atoms with Crippen molar-refractivity contribution in [2.75, 3.05) is 75.4 Å². The minimum atomic E-state index is 0.247. The van der Waals surface area contributed by atoms with Crippen LogP contribution >= 0.6 is 45.3 Å². The number of nitrogens with one attached hydrogen (secondary N) is 12. The number of fused-ring (bicyclic) bond motifs is 8. The Hall–Kier alpha value is -10.8. The number of ether oxygens (including phenoxy) is 1. The molecule has 1 atom stereocenters. The van der Waals surface area contributed by atoms with Crippen molar-refractivity contribution in [3.63, 3.8) is 0 Å². The van der Waals surface area contributed by atoms with Crippen molar-refractivity contribution in [3.8, 4) is 0 Å². The Kier molecular flexibility index (Phi) is 20.3. The highest BCUT2D eigenvalue weighted by Crippen LogP contribution is 2.37. The lowest BCUT2D eigenvalue weighted by molar-refractivity contribution is 0.120. The van der Waals surface area contributed by atoms with Crippen molar-refractivity contribution in [1.82, 2.24) is 85.7 Å². The summed E-state index contributed by atoms with van der Waals surface area (Å²) in [7, 11) is 0. The van der Waals surface area contributed by atoms with Crippen LogP contribution in [-0.2, 0) is 4.74 Å². The van der Waals surface area contributed by atoms with E-state index in [9.17, 15) is 0 Å². The number of aromatic amines is 4. The third-order valence-electron chi connectivity index (χ3n) is 19.4. The van der Waals surface area contributed by atoms with Crippen LogP contribution in [0.1, 0.15) is 96.3 Å². The molecule has 1 unspecified atom stereocenters. The first kappa shape index (κ1) is 67.4. The van der Waals surface area contributed by atoms with Crippen molar-refractivity contribution in [3.05, 3.63) is 143 Å². The van der Waals surface area contributed by atoms with E-state index in [0.717, 1.165) is 188 Å². The molecule has 0 radical (unpaired) electrons. The van der Waals surface area contributed by atoms with Crippen molar-refractivity contribution in [1.29, 1.82) is 0 Å². The molecule has 4 fully saturated rings. The minimum Gasteiger partial charge on any atom is -0.376 e. The Labute approximate surface area is 619 Å². The van der Waals surface area contributed by atoms with Gasteiger partial charge in [-0.25, -0.2) is 24.9 Å². The SMILES string of the molecule is c1cc2nc(NC3CCCCC3)nc(Nc3ccc4[nH]ncc4c3)c2s1.c1cc2nc(NCC3CCCCC3)nc(Nc3ccc4[nH]ncc4c3)c2s1.c1cc2nc(NCC3CCCO3)nc(Nc3ccc4[nH]ncc4c3)c2s1.c1cc2nc(NN3CCCCC3)nc(Nc3ccc4[nH]ncc4c3)c2s1. The Bertz CT molecular complexity index is 5410. The van der Waals surface area contributed by atoms with Crippen LogP contribution in [0.3, 0.4) is 0 Å². The average molecular weight is 1470 g/mol. The Morgan fingerprint density at radius 3 is 1.19 bits per heavy atom. The fourth-order valence-corrected chi connectivity index (χ4v) is 17.0. The number of hydrogen-bond donors (Lipinski definition) is 12. The number of thiophene rings is 4. The maximum atomic E-state index is 5.67. The van der Waals surface area contributed by atoms with Gasteiger partial charge in [0.05, 0.1) is 93.8 Å². The Morgan fingerprint density at radius 2 is 0.762 bits per heavy atom. The number of aromatic nitrogens is 16. The van der Waals surface area contributed by atoms with Crippen molar-refractivity contribution in [2.45, 2.75) is 108 Å². The number of piperidine rings is 1. The van der Waals surface area contributed by atoms with Crippen LogP contribution in [0.15, 0.2) is 143 Å². The largest absolute Gasteiger partial charge is 0.376 e. The highest BCUT2D eigenvalue weighted by atomic mass is 32.1. The third kappa shape index (κ3) is 16.3. The van der Waals surface area contributed by atoms with E-state index in [2.05, 4.69) is 151 Å². The normalized spacial score (nSPS) is 15.9. The van der Waals surface area contributed by atoms with Crippen molar-refractivity contribution in [2.24, 2.45) is 5.92 Å². The van der Waals surface area contributed by atoms with Gasteiger partial charge in [-0.15, -0.1) is 45.3 Å². The van der Waals surface area contributed by atoms with Gasteiger partial charge in [0.15, 0.2) is 23.3 Å². The van der Waals surface area contributed by atoms with Gasteiger partial charge in [-0.2, -0.15) is 40.3 Å². The molecule has 12 aromatic heterocycles. The molecule has 4 aliphatic rings. The predicted octanol–water partition coefficient (Wildman–Crippen LogP) is 18.4. The number of nitrogens with zero attached hydrogens (tertiary/aromatic N) is 13. The molecule has 26 nitrogen and oxygen atoms in total. The second kappa shape index (κ2) is 31.7. The summed E-state index contributed by atoms with van der Waals surface area (Å²) in [6.07, 6.45) is 26.5. The molecule has 2 aliphatic heterocycles. The molecule has 20 rings (SSSR count). The molecule has 12 N–H and O–H groups in total. The fourth-order valence-electron chi connectivity index (χ4n) is 13.9. The van der Waals surface area contributed by atoms with Crippen LogP contribution in [0.2, 0.25) is 0 Å². The summed E-state index contributed by atoms with van der Waals surface area (Å²) in [6, 6.07) is 33.1. The quantitative estimate of drug-likeness (QED) is 0.0380. The number of anilines is 12. The topological polar surface area (TPSA) is 327 Å². The molecule has 534 valence electrons. The van der Waals surface area contributed by atoms with E-state index >= 15 is 0 Å². The van der Waals surface area contributed by atoms with Gasteiger partial charge in [0.2, 0.25) is 23.8 Å². The number of H-pyrrole nitrogens is 4. The summed E-state index contributed by atoms with van der Waals surface area (Å²) < 4.78 is 9.91. The summed E-state index contributed by atoms with van der Waals surface area (Å²) in [5.41, 5.74) is 15.3. The lowest BCUT2D eigenvalue weighted by Gasteiger charge is -2.26. The molecule has 14 heterocycles. The summed E-state index contributed by atoms with van der Waals surface area (Å²) in [6.45, 7) is 4.60. The van der Waals surface area contributed by atoms with Gasteiger partial charge >= 0.3 is 0 Å². The first-order chi connectivity index (χ1) is 51.9. The van der Waals surface area contributed by atoms with Crippen molar-refractivity contribution >= 4 is 200 Å². The maximum Gasteiger partial charge on any atom is 0.240 e. The standard InChI is InChI=1S/C20H22N6S.C19H20N6S.C18H19N7S.C18H18N6OS/c1-2-4-13(5-3-1)11-21-20-24-17-8-9-27-18(17)19(25-20)23-15-6-7-16-14(10-15)12-22-26-16;1-2-4-13(5-3-1)22-19-23-16-8-9-26-17(16)18(24-19)21-14-6-7-15-12(10-14)11-20-25-15;1-2-7-25(8-3-1)24-18-21-15-6-9-26-16(15)17(22-18)20-13-4-5-14-12(10-13)11-19-23-14;1-2-13(25-6-1)10-19-18-22-15-5-7-26-16(15)17(23-18)21-12-3-4-14-11(8-12)9-20-24-14/h6-10,12-13H,1-5,11H2,(H,22,26)(H2,21,23,24,25);6-11,13H,1-5H2,(H,20,25)(H2,21,22,23,24);4-6,9-11H,1-3,7-8H2,(H,19,23)(H2,20,21,22,24);3-5,7-9,13H,1-2,6,10H2,(H,20,24)(H2,19,21,22,23). The smallest absolute Gasteiger partial charge is 0.240 e. The first-order valence-electron chi connectivity index (χ1n) is 36.1. The molecule has 30 heteroatoms. The molecule has 105 heavy (non-hydrogen) atoms. The molecule has 0 bridgehead atoms. The lowest BCUT2D eigenvalue weighted by Crippen LogP contribution is -2.35. The maximum absolute atomic E-state index is 5.67. The van der Waals surface area contributed by atoms with Crippen LogP contribution in [0.4, 0.5) is 69.8 Å². The summed E-state index contributed by atoms with van der Waals surface area (Å²) in [4.78, 5) is 37.7. The number of hydrogen-bond acceptors (Lipinski definition) is 26. The minimum absolute atomic E-state index is 0.247. The van der Waals surface area contributed by atoms with Crippen LogP contribution < -0.4 is 42.6 Å². The van der Waals surface area contributed by atoms with Gasteiger partial charge in [-0.3, -0.25) is 25.8 Å². The van der Waals surface area contributed by atoms with E-state index in [-0.39, 0.29) is 6.10 Å². The van der Waals surface area contributed by atoms with Gasteiger partial charge in [-0.05, 0) is 176 Å². The van der Waals surface area contributed by atoms with Crippen LogP contribution in [0.25, 0.3) is 84.5 Å². The van der Waals surface area contributed by atoms with E-state index < -0.39 is 0 Å². The zero-order valence-electron chi connectivity index (χ0n) is 57.6. The van der Waals surface area contributed by atoms with Gasteiger partial charge in [0, 0.05) is 83.1 Å². The molecule has 4 aromatic carbocycles.